The highest BCUT2D eigenvalue weighted by molar-refractivity contribution is 5.18. The predicted octanol–water partition coefficient (Wildman–Crippen LogP) is 2.58. The molecule has 3 heteroatoms. The number of aryl methyl sites for hydroxylation is 2. The van der Waals surface area contributed by atoms with Crippen LogP contribution in [0.1, 0.15) is 29.9 Å². The van der Waals surface area contributed by atoms with Gasteiger partial charge in [-0.1, -0.05) is 30.3 Å². The van der Waals surface area contributed by atoms with Gasteiger partial charge in [-0.3, -0.25) is 4.68 Å². The minimum Gasteiger partial charge on any atom is -0.305 e. The highest BCUT2D eigenvalue weighted by Crippen LogP contribution is 2.12. The first-order chi connectivity index (χ1) is 8.16. The molecule has 0 aliphatic rings. The summed E-state index contributed by atoms with van der Waals surface area (Å²) in [6, 6.07) is 12.9. The molecule has 0 aliphatic heterocycles. The van der Waals surface area contributed by atoms with E-state index >= 15 is 0 Å². The molecule has 90 valence electrons. The molecule has 0 spiro atoms. The molecule has 1 aromatic heterocycles. The fourth-order valence-electron chi connectivity index (χ4n) is 1.95. The fourth-order valence-corrected chi connectivity index (χ4v) is 1.95. The highest BCUT2D eigenvalue weighted by atomic mass is 15.3. The molecule has 0 radical (unpaired) electrons. The van der Waals surface area contributed by atoms with E-state index in [-0.39, 0.29) is 0 Å². The van der Waals surface area contributed by atoms with Gasteiger partial charge in [0.1, 0.15) is 0 Å². The third kappa shape index (κ3) is 2.94. The molecule has 0 amide bonds. The Hall–Kier alpha value is -1.61. The fraction of sp³-hybridized carbons (Fsp3) is 0.357. The van der Waals surface area contributed by atoms with Gasteiger partial charge in [-0.05, 0) is 25.5 Å². The monoisotopic (exact) mass is 229 g/mol. The van der Waals surface area contributed by atoms with E-state index < -0.39 is 0 Å². The Balaban J connectivity index is 1.97. The minimum absolute atomic E-state index is 0.353. The number of benzene rings is 1. The zero-order valence-corrected chi connectivity index (χ0v) is 10.6. The van der Waals surface area contributed by atoms with E-state index in [0.717, 1.165) is 12.2 Å². The van der Waals surface area contributed by atoms with Gasteiger partial charge in [-0.2, -0.15) is 5.10 Å². The maximum Gasteiger partial charge on any atom is 0.0597 e. The second-order valence-corrected chi connectivity index (χ2v) is 4.41. The summed E-state index contributed by atoms with van der Waals surface area (Å²) in [6.45, 7) is 5.04. The Morgan fingerprint density at radius 1 is 1.29 bits per heavy atom. The van der Waals surface area contributed by atoms with Crippen molar-refractivity contribution < 1.29 is 0 Å². The van der Waals surface area contributed by atoms with Crippen molar-refractivity contribution in [3.05, 3.63) is 53.3 Å². The first kappa shape index (κ1) is 11.9. The average Bonchev–Trinajstić information content (AvgIpc) is 2.66. The second kappa shape index (κ2) is 5.15. The van der Waals surface area contributed by atoms with Crippen molar-refractivity contribution in [1.82, 2.24) is 15.1 Å². The number of nitrogens with zero attached hydrogens (tertiary/aromatic N) is 2. The van der Waals surface area contributed by atoms with Gasteiger partial charge in [-0.15, -0.1) is 0 Å². The largest absolute Gasteiger partial charge is 0.305 e. The molecular weight excluding hydrogens is 210 g/mol. The Morgan fingerprint density at radius 2 is 2.00 bits per heavy atom. The van der Waals surface area contributed by atoms with Crippen LogP contribution in [0.15, 0.2) is 36.4 Å². The summed E-state index contributed by atoms with van der Waals surface area (Å²) in [7, 11) is 1.98. The van der Waals surface area contributed by atoms with Crippen LogP contribution in [0, 0.1) is 6.92 Å². The van der Waals surface area contributed by atoms with Gasteiger partial charge in [0, 0.05) is 19.6 Å². The molecule has 3 nitrogen and oxygen atoms in total. The van der Waals surface area contributed by atoms with E-state index in [1.165, 1.54) is 11.3 Å². The van der Waals surface area contributed by atoms with Crippen LogP contribution in [-0.4, -0.2) is 9.78 Å². The van der Waals surface area contributed by atoms with Crippen molar-refractivity contribution >= 4 is 0 Å². The molecule has 1 unspecified atom stereocenters. The van der Waals surface area contributed by atoms with Crippen LogP contribution in [0.25, 0.3) is 0 Å². The van der Waals surface area contributed by atoms with E-state index in [1.54, 1.807) is 0 Å². The van der Waals surface area contributed by atoms with Gasteiger partial charge in [0.15, 0.2) is 0 Å². The Bertz CT molecular complexity index is 473. The minimum atomic E-state index is 0.353. The van der Waals surface area contributed by atoms with Crippen LogP contribution in [0.4, 0.5) is 0 Å². The summed E-state index contributed by atoms with van der Waals surface area (Å²) < 4.78 is 1.93. The lowest BCUT2D eigenvalue weighted by atomic mass is 10.1. The van der Waals surface area contributed by atoms with E-state index in [0.29, 0.717) is 6.04 Å². The Morgan fingerprint density at radius 3 is 2.59 bits per heavy atom. The number of hydrogen-bond acceptors (Lipinski definition) is 2. The van der Waals surface area contributed by atoms with Gasteiger partial charge in [0.05, 0.1) is 11.4 Å². The first-order valence-electron chi connectivity index (χ1n) is 5.94. The van der Waals surface area contributed by atoms with Crippen LogP contribution in [0.2, 0.25) is 0 Å². The third-order valence-corrected chi connectivity index (χ3v) is 2.99. The second-order valence-electron chi connectivity index (χ2n) is 4.41. The van der Waals surface area contributed by atoms with Crippen LogP contribution >= 0.6 is 0 Å². The molecule has 2 aromatic rings. The summed E-state index contributed by atoms with van der Waals surface area (Å²) in [6.07, 6.45) is 0. The van der Waals surface area contributed by atoms with Gasteiger partial charge in [0.2, 0.25) is 0 Å². The summed E-state index contributed by atoms with van der Waals surface area (Å²) >= 11 is 0. The SMILES string of the molecule is Cc1cc(CNC(C)c2ccccc2)n(C)n1. The molecule has 0 saturated heterocycles. The van der Waals surface area contributed by atoms with Crippen molar-refractivity contribution in [2.24, 2.45) is 7.05 Å². The van der Waals surface area contributed by atoms with E-state index in [1.807, 2.05) is 24.7 Å². The normalized spacial score (nSPS) is 12.6. The van der Waals surface area contributed by atoms with E-state index in [4.69, 9.17) is 0 Å². The summed E-state index contributed by atoms with van der Waals surface area (Å²) in [5, 5.41) is 7.85. The predicted molar refractivity (Wildman–Crippen MR) is 69.6 cm³/mol. The molecule has 1 N–H and O–H groups in total. The third-order valence-electron chi connectivity index (χ3n) is 2.99. The summed E-state index contributed by atoms with van der Waals surface area (Å²) in [5.74, 6) is 0. The van der Waals surface area contributed by atoms with Crippen molar-refractivity contribution in [1.29, 1.82) is 0 Å². The average molecular weight is 229 g/mol. The zero-order chi connectivity index (χ0) is 12.3. The van der Waals surface area contributed by atoms with Crippen molar-refractivity contribution in [2.75, 3.05) is 0 Å². The quantitative estimate of drug-likeness (QED) is 0.873. The molecule has 0 fully saturated rings. The molecule has 0 bridgehead atoms. The maximum absolute atomic E-state index is 4.34. The molecule has 1 aromatic carbocycles. The van der Waals surface area contributed by atoms with E-state index in [2.05, 4.69) is 47.7 Å². The highest BCUT2D eigenvalue weighted by Gasteiger charge is 2.06. The number of nitrogens with one attached hydrogen (secondary N) is 1. The number of aromatic nitrogens is 2. The lowest BCUT2D eigenvalue weighted by Gasteiger charge is -2.14. The van der Waals surface area contributed by atoms with E-state index in [9.17, 15) is 0 Å². The van der Waals surface area contributed by atoms with Crippen LogP contribution in [0.5, 0.6) is 0 Å². The zero-order valence-electron chi connectivity index (χ0n) is 10.6. The summed E-state index contributed by atoms with van der Waals surface area (Å²) in [4.78, 5) is 0. The lowest BCUT2D eigenvalue weighted by molar-refractivity contribution is 0.548. The Kier molecular flexibility index (Phi) is 3.59. The van der Waals surface area contributed by atoms with Crippen molar-refractivity contribution in [3.63, 3.8) is 0 Å². The van der Waals surface area contributed by atoms with Crippen LogP contribution in [0.3, 0.4) is 0 Å². The topological polar surface area (TPSA) is 29.9 Å². The lowest BCUT2D eigenvalue weighted by Crippen LogP contribution is -2.19. The van der Waals surface area contributed by atoms with Gasteiger partial charge >= 0.3 is 0 Å². The van der Waals surface area contributed by atoms with Crippen molar-refractivity contribution in [2.45, 2.75) is 26.4 Å². The number of rotatable bonds is 4. The molecule has 1 heterocycles. The molecule has 0 aliphatic carbocycles. The molecule has 0 saturated carbocycles. The number of hydrogen-bond donors (Lipinski definition) is 1. The molecule has 2 rings (SSSR count). The van der Waals surface area contributed by atoms with Crippen LogP contribution in [-0.2, 0) is 13.6 Å². The first-order valence-corrected chi connectivity index (χ1v) is 5.94. The van der Waals surface area contributed by atoms with Gasteiger partial charge in [-0.25, -0.2) is 0 Å². The molecular formula is C14H19N3. The molecule has 17 heavy (non-hydrogen) atoms. The van der Waals surface area contributed by atoms with Gasteiger partial charge in [0.25, 0.3) is 0 Å². The van der Waals surface area contributed by atoms with Gasteiger partial charge < -0.3 is 5.32 Å². The molecule has 1 atom stereocenters. The van der Waals surface area contributed by atoms with Crippen LogP contribution < -0.4 is 5.32 Å². The maximum atomic E-state index is 4.34. The standard InChI is InChI=1S/C14H19N3/c1-11-9-14(17(3)16-11)10-15-12(2)13-7-5-4-6-8-13/h4-9,12,15H,10H2,1-3H3. The van der Waals surface area contributed by atoms with Crippen molar-refractivity contribution in [3.8, 4) is 0 Å². The smallest absolute Gasteiger partial charge is 0.0597 e. The Labute approximate surface area is 102 Å². The summed E-state index contributed by atoms with van der Waals surface area (Å²) in [5.41, 5.74) is 3.59.